The minimum Gasteiger partial charge on any atom is -0.433 e. The van der Waals surface area contributed by atoms with Gasteiger partial charge in [-0.2, -0.15) is 8.78 Å². The zero-order chi connectivity index (χ0) is 25.3. The molecule has 9 heteroatoms. The van der Waals surface area contributed by atoms with Gasteiger partial charge in [-0.05, 0) is 53.7 Å². The third-order valence-corrected chi connectivity index (χ3v) is 5.90. The maximum atomic E-state index is 14.7. The van der Waals surface area contributed by atoms with Gasteiger partial charge in [-0.1, -0.05) is 31.2 Å². The maximum Gasteiger partial charge on any atom is 0.432 e. The first-order valence-corrected chi connectivity index (χ1v) is 11.0. The molecular weight excluding hydrogens is 477 g/mol. The predicted molar refractivity (Wildman–Crippen MR) is 115 cm³/mol. The van der Waals surface area contributed by atoms with Gasteiger partial charge in [-0.15, -0.1) is 0 Å². The number of hydrogen-bond donors (Lipinski definition) is 0. The van der Waals surface area contributed by atoms with Gasteiger partial charge in [0.25, 0.3) is 0 Å². The third kappa shape index (κ3) is 5.45. The Labute approximate surface area is 197 Å². The van der Waals surface area contributed by atoms with Crippen molar-refractivity contribution in [3.63, 3.8) is 0 Å². The highest BCUT2D eigenvalue weighted by molar-refractivity contribution is 5.64. The monoisotopic (exact) mass is 498 g/mol. The van der Waals surface area contributed by atoms with Crippen molar-refractivity contribution in [2.45, 2.75) is 38.4 Å². The van der Waals surface area contributed by atoms with Crippen molar-refractivity contribution in [2.24, 2.45) is 5.92 Å². The topological polar surface area (TPSA) is 18.5 Å². The van der Waals surface area contributed by atoms with Gasteiger partial charge in [0, 0.05) is 19.1 Å². The smallest absolute Gasteiger partial charge is 0.432 e. The Bertz CT molecular complexity index is 1170. The summed E-state index contributed by atoms with van der Waals surface area (Å²) in [5.74, 6) is -8.90. The van der Waals surface area contributed by atoms with E-state index in [1.807, 2.05) is 0 Å². The van der Waals surface area contributed by atoms with Gasteiger partial charge in [0.2, 0.25) is 0 Å². The van der Waals surface area contributed by atoms with Crippen LogP contribution in [0.15, 0.2) is 71.8 Å². The number of ether oxygens (including phenoxy) is 2. The van der Waals surface area contributed by atoms with Gasteiger partial charge in [-0.3, -0.25) is 0 Å². The third-order valence-electron chi connectivity index (χ3n) is 5.90. The van der Waals surface area contributed by atoms with E-state index in [1.165, 1.54) is 0 Å². The fourth-order valence-corrected chi connectivity index (χ4v) is 4.00. The molecule has 0 spiro atoms. The highest BCUT2D eigenvalue weighted by Gasteiger charge is 2.42. The van der Waals surface area contributed by atoms with E-state index in [0.29, 0.717) is 24.2 Å². The van der Waals surface area contributed by atoms with Gasteiger partial charge in [0.05, 0.1) is 6.10 Å². The molecule has 4 rings (SSSR count). The molecule has 2 aromatic carbocycles. The molecule has 1 aliphatic heterocycles. The van der Waals surface area contributed by atoms with Crippen LogP contribution in [0.25, 0.3) is 11.1 Å². The van der Waals surface area contributed by atoms with Crippen molar-refractivity contribution >= 4 is 0 Å². The lowest BCUT2D eigenvalue weighted by atomic mass is 9.94. The highest BCUT2D eigenvalue weighted by Crippen LogP contribution is 2.40. The van der Waals surface area contributed by atoms with Crippen molar-refractivity contribution in [2.75, 3.05) is 6.61 Å². The van der Waals surface area contributed by atoms with Crippen LogP contribution in [-0.4, -0.2) is 6.61 Å². The molecule has 2 unspecified atom stereocenters. The second-order valence-electron chi connectivity index (χ2n) is 8.59. The summed E-state index contributed by atoms with van der Waals surface area (Å²) in [6.07, 6.45) is -2.87. The van der Waals surface area contributed by atoms with Crippen LogP contribution in [0.5, 0.6) is 0 Å². The van der Waals surface area contributed by atoms with Crippen LogP contribution >= 0.6 is 0 Å². The molecule has 0 radical (unpaired) electrons. The summed E-state index contributed by atoms with van der Waals surface area (Å²) in [7, 11) is 0. The fourth-order valence-electron chi connectivity index (χ4n) is 4.00. The summed E-state index contributed by atoms with van der Waals surface area (Å²) >= 11 is 0. The number of hydrogen-bond acceptors (Lipinski definition) is 2. The van der Waals surface area contributed by atoms with Gasteiger partial charge >= 0.3 is 6.11 Å². The fraction of sp³-hybridized carbons (Fsp3) is 0.308. The van der Waals surface area contributed by atoms with E-state index < -0.39 is 53.0 Å². The molecule has 0 amide bonds. The quantitative estimate of drug-likeness (QED) is 0.385. The van der Waals surface area contributed by atoms with E-state index in [1.54, 1.807) is 24.3 Å². The van der Waals surface area contributed by atoms with Crippen LogP contribution in [0.1, 0.15) is 43.4 Å². The summed E-state index contributed by atoms with van der Waals surface area (Å²) < 4.78 is 109. The molecule has 0 aromatic heterocycles. The Hall–Kier alpha value is -3.07. The molecule has 2 nitrogen and oxygen atoms in total. The molecule has 2 aliphatic rings. The average molecular weight is 498 g/mol. The first-order chi connectivity index (χ1) is 16.5. The number of allylic oxidation sites excluding steroid dienone is 5. The van der Waals surface area contributed by atoms with Gasteiger partial charge < -0.3 is 9.47 Å². The van der Waals surface area contributed by atoms with Gasteiger partial charge in [0.1, 0.15) is 23.0 Å². The molecule has 1 aliphatic carbocycles. The Morgan fingerprint density at radius 3 is 2.17 bits per heavy atom. The number of alkyl halides is 2. The van der Waals surface area contributed by atoms with Crippen molar-refractivity contribution in [1.29, 1.82) is 0 Å². The Balaban J connectivity index is 1.56. The Morgan fingerprint density at radius 1 is 0.914 bits per heavy atom. The molecule has 0 saturated carbocycles. The largest absolute Gasteiger partial charge is 0.433 e. The number of benzene rings is 2. The lowest BCUT2D eigenvalue weighted by Gasteiger charge is -2.27. The van der Waals surface area contributed by atoms with E-state index in [4.69, 9.17) is 4.74 Å². The number of halogens is 7. The molecule has 0 bridgehead atoms. The molecule has 35 heavy (non-hydrogen) atoms. The minimum atomic E-state index is -4.58. The van der Waals surface area contributed by atoms with E-state index in [0.717, 1.165) is 30.5 Å². The molecule has 0 N–H and O–H groups in total. The van der Waals surface area contributed by atoms with Crippen molar-refractivity contribution in [1.82, 2.24) is 0 Å². The molecule has 1 saturated heterocycles. The molecule has 1 heterocycles. The van der Waals surface area contributed by atoms with E-state index >= 15 is 0 Å². The predicted octanol–water partition coefficient (Wildman–Crippen LogP) is 8.48. The molecular formula is C26H21F7O2. The van der Waals surface area contributed by atoms with Crippen molar-refractivity contribution < 1.29 is 40.2 Å². The second kappa shape index (κ2) is 9.89. The van der Waals surface area contributed by atoms with Crippen molar-refractivity contribution in [3.05, 3.63) is 94.6 Å². The molecule has 1 fully saturated rings. The first-order valence-electron chi connectivity index (χ1n) is 11.0. The van der Waals surface area contributed by atoms with Gasteiger partial charge in [-0.25, -0.2) is 22.0 Å². The van der Waals surface area contributed by atoms with E-state index in [9.17, 15) is 30.7 Å². The van der Waals surface area contributed by atoms with Crippen LogP contribution < -0.4 is 0 Å². The summed E-state index contributed by atoms with van der Waals surface area (Å²) in [5.41, 5.74) is -0.402. The summed E-state index contributed by atoms with van der Waals surface area (Å²) in [5, 5.41) is 0. The Morgan fingerprint density at radius 2 is 1.57 bits per heavy atom. The molecule has 2 aromatic rings. The second-order valence-corrected chi connectivity index (χ2v) is 8.59. The molecule has 2 atom stereocenters. The molecule has 186 valence electrons. The lowest BCUT2D eigenvalue weighted by Crippen LogP contribution is -2.22. The standard InChI is InChI=1S/C26H21F7O2/c1-14-2-9-23(34-13-14)16-5-3-15(4-6-16)17-10-20(28)24(21(29)11-17)26(32,33)35-18-7-8-19(27)25(31)22(30)12-18/h3-6,8,10-12,14,23H,2,7,9,13H2,1H3. The lowest BCUT2D eigenvalue weighted by molar-refractivity contribution is -0.228. The van der Waals surface area contributed by atoms with Crippen molar-refractivity contribution in [3.8, 4) is 11.1 Å². The summed E-state index contributed by atoms with van der Waals surface area (Å²) in [4.78, 5) is 0. The van der Waals surface area contributed by atoms with Crippen LogP contribution in [-0.2, 0) is 15.6 Å². The van der Waals surface area contributed by atoms with E-state index in [-0.39, 0.29) is 17.7 Å². The number of rotatable bonds is 5. The Kier molecular flexibility index (Phi) is 7.07. The highest BCUT2D eigenvalue weighted by atomic mass is 19.3. The van der Waals surface area contributed by atoms with Gasteiger partial charge in [0.15, 0.2) is 17.5 Å². The first kappa shape index (κ1) is 25.0. The van der Waals surface area contributed by atoms with Crippen LogP contribution in [0, 0.1) is 17.6 Å². The van der Waals surface area contributed by atoms with Crippen LogP contribution in [0.4, 0.5) is 30.7 Å². The zero-order valence-corrected chi connectivity index (χ0v) is 18.6. The maximum absolute atomic E-state index is 14.7. The van der Waals surface area contributed by atoms with Crippen LogP contribution in [0.2, 0.25) is 0 Å². The average Bonchev–Trinajstić information content (AvgIpc) is 2.92. The summed E-state index contributed by atoms with van der Waals surface area (Å²) in [6.45, 7) is 2.74. The summed E-state index contributed by atoms with van der Waals surface area (Å²) in [6, 6.07) is 8.18. The zero-order valence-electron chi connectivity index (χ0n) is 18.6. The SMILES string of the molecule is CC1CCC(c2ccc(-c3cc(F)c(C(F)(F)OC4=CC(F)=C(F)C(F)=CC4)c(F)c3)cc2)OC1. The minimum absolute atomic E-state index is 0.0130. The van der Waals surface area contributed by atoms with Crippen LogP contribution in [0.3, 0.4) is 0 Å². The normalized spacial score (nSPS) is 21.4. The van der Waals surface area contributed by atoms with E-state index in [2.05, 4.69) is 11.7 Å².